The van der Waals surface area contributed by atoms with Crippen LogP contribution in [0.2, 0.25) is 0 Å². The molecule has 1 fully saturated rings. The van der Waals surface area contributed by atoms with Crippen LogP contribution in [0, 0.1) is 5.92 Å². The molecule has 20 heavy (non-hydrogen) atoms. The number of hydrogen-bond acceptors (Lipinski definition) is 3. The molecule has 4 nitrogen and oxygen atoms in total. The fourth-order valence-electron chi connectivity index (χ4n) is 2.72. The van der Waals surface area contributed by atoms with Crippen LogP contribution in [0.1, 0.15) is 30.4 Å². The van der Waals surface area contributed by atoms with Gasteiger partial charge in [0.25, 0.3) is 0 Å². The molecule has 1 aliphatic heterocycles. The Morgan fingerprint density at radius 2 is 1.85 bits per heavy atom. The first-order valence-electron chi connectivity index (χ1n) is 7.33. The van der Waals surface area contributed by atoms with Gasteiger partial charge in [-0.1, -0.05) is 24.3 Å². The number of aliphatic hydroxyl groups excluding tert-OH is 1. The predicted molar refractivity (Wildman–Crippen MR) is 79.0 cm³/mol. The minimum Gasteiger partial charge on any atom is -0.392 e. The molecule has 1 amide bonds. The van der Waals surface area contributed by atoms with Crippen LogP contribution in [0.3, 0.4) is 0 Å². The molecule has 1 aromatic rings. The number of hydrogen-bond donors (Lipinski definition) is 2. The largest absolute Gasteiger partial charge is 0.392 e. The molecule has 0 bridgehead atoms. The SMILES string of the molecule is CNC(=O)CC1CCN(Cc2ccc(CO)cc2)CC1. The fourth-order valence-corrected chi connectivity index (χ4v) is 2.72. The highest BCUT2D eigenvalue weighted by atomic mass is 16.3. The average Bonchev–Trinajstić information content (AvgIpc) is 2.50. The maximum Gasteiger partial charge on any atom is 0.220 e. The van der Waals surface area contributed by atoms with Crippen LogP contribution in [0.15, 0.2) is 24.3 Å². The molecule has 0 aliphatic carbocycles. The Kier molecular flexibility index (Phi) is 5.56. The normalized spacial score (nSPS) is 17.1. The van der Waals surface area contributed by atoms with Gasteiger partial charge < -0.3 is 10.4 Å². The summed E-state index contributed by atoms with van der Waals surface area (Å²) in [6.45, 7) is 3.18. The summed E-state index contributed by atoms with van der Waals surface area (Å²) >= 11 is 0. The Balaban J connectivity index is 1.77. The van der Waals surface area contributed by atoms with Crippen molar-refractivity contribution in [3.05, 3.63) is 35.4 Å². The maximum absolute atomic E-state index is 11.4. The second-order valence-corrected chi connectivity index (χ2v) is 5.57. The molecule has 0 atom stereocenters. The summed E-state index contributed by atoms with van der Waals surface area (Å²) in [6, 6.07) is 8.13. The van der Waals surface area contributed by atoms with Gasteiger partial charge in [-0.05, 0) is 43.0 Å². The number of amides is 1. The summed E-state index contributed by atoms with van der Waals surface area (Å²) in [5.74, 6) is 0.686. The van der Waals surface area contributed by atoms with Crippen LogP contribution >= 0.6 is 0 Å². The summed E-state index contributed by atoms with van der Waals surface area (Å²) in [5.41, 5.74) is 2.24. The second kappa shape index (κ2) is 7.41. The van der Waals surface area contributed by atoms with E-state index in [0.717, 1.165) is 38.0 Å². The number of likely N-dealkylation sites (tertiary alicyclic amines) is 1. The molecule has 1 saturated heterocycles. The predicted octanol–water partition coefficient (Wildman–Crippen LogP) is 1.53. The van der Waals surface area contributed by atoms with Gasteiger partial charge in [-0.25, -0.2) is 0 Å². The molecule has 4 heteroatoms. The van der Waals surface area contributed by atoms with E-state index in [4.69, 9.17) is 5.11 Å². The minimum absolute atomic E-state index is 0.102. The number of piperidine rings is 1. The van der Waals surface area contributed by atoms with E-state index in [-0.39, 0.29) is 12.5 Å². The van der Waals surface area contributed by atoms with Crippen molar-refractivity contribution in [1.82, 2.24) is 10.2 Å². The zero-order valence-corrected chi connectivity index (χ0v) is 12.1. The monoisotopic (exact) mass is 276 g/mol. The van der Waals surface area contributed by atoms with Gasteiger partial charge in [-0.2, -0.15) is 0 Å². The third-order valence-electron chi connectivity index (χ3n) is 4.07. The first-order valence-corrected chi connectivity index (χ1v) is 7.33. The number of rotatable bonds is 5. The molecule has 110 valence electrons. The molecule has 0 radical (unpaired) electrons. The zero-order valence-electron chi connectivity index (χ0n) is 12.1. The molecule has 0 spiro atoms. The Morgan fingerprint density at radius 3 is 2.40 bits per heavy atom. The molecular formula is C16H24N2O2. The van der Waals surface area contributed by atoms with Gasteiger partial charge in [0.1, 0.15) is 0 Å². The zero-order chi connectivity index (χ0) is 14.4. The van der Waals surface area contributed by atoms with Crippen molar-refractivity contribution < 1.29 is 9.90 Å². The third-order valence-corrected chi connectivity index (χ3v) is 4.07. The van der Waals surface area contributed by atoms with E-state index in [1.807, 2.05) is 12.1 Å². The van der Waals surface area contributed by atoms with Gasteiger partial charge in [0, 0.05) is 20.0 Å². The molecule has 0 unspecified atom stereocenters. The topological polar surface area (TPSA) is 52.6 Å². The van der Waals surface area contributed by atoms with E-state index < -0.39 is 0 Å². The summed E-state index contributed by atoms with van der Waals surface area (Å²) in [6.07, 6.45) is 2.86. The number of benzene rings is 1. The van der Waals surface area contributed by atoms with Gasteiger partial charge in [0.05, 0.1) is 6.61 Å². The number of aliphatic hydroxyl groups is 1. The van der Waals surface area contributed by atoms with Gasteiger partial charge >= 0.3 is 0 Å². The standard InChI is InChI=1S/C16H24N2O2/c1-17-16(20)10-13-6-8-18(9-7-13)11-14-2-4-15(12-19)5-3-14/h2-5,13,19H,6-12H2,1H3,(H,17,20). The highest BCUT2D eigenvalue weighted by Crippen LogP contribution is 2.21. The quantitative estimate of drug-likeness (QED) is 0.857. The molecular weight excluding hydrogens is 252 g/mol. The number of carbonyl (C=O) groups is 1. The summed E-state index contributed by atoms with van der Waals surface area (Å²) < 4.78 is 0. The van der Waals surface area contributed by atoms with Crippen molar-refractivity contribution in [1.29, 1.82) is 0 Å². The highest BCUT2D eigenvalue weighted by molar-refractivity contribution is 5.75. The van der Waals surface area contributed by atoms with Crippen molar-refractivity contribution in [2.24, 2.45) is 5.92 Å². The van der Waals surface area contributed by atoms with Crippen LogP contribution in [0.25, 0.3) is 0 Å². The smallest absolute Gasteiger partial charge is 0.220 e. The maximum atomic E-state index is 11.4. The minimum atomic E-state index is 0.102. The lowest BCUT2D eigenvalue weighted by molar-refractivity contribution is -0.121. The summed E-state index contributed by atoms with van der Waals surface area (Å²) in [4.78, 5) is 13.8. The van der Waals surface area contributed by atoms with Crippen molar-refractivity contribution in [3.8, 4) is 0 Å². The lowest BCUT2D eigenvalue weighted by Crippen LogP contribution is -2.35. The van der Waals surface area contributed by atoms with Crippen LogP contribution in [-0.2, 0) is 17.9 Å². The Bertz CT molecular complexity index is 423. The van der Waals surface area contributed by atoms with E-state index in [2.05, 4.69) is 22.3 Å². The van der Waals surface area contributed by atoms with Crippen LogP contribution in [-0.4, -0.2) is 36.1 Å². The Hall–Kier alpha value is -1.39. The molecule has 1 aromatic carbocycles. The van der Waals surface area contributed by atoms with E-state index in [1.165, 1.54) is 5.56 Å². The molecule has 2 N–H and O–H groups in total. The van der Waals surface area contributed by atoms with E-state index in [1.54, 1.807) is 7.05 Å². The number of carbonyl (C=O) groups excluding carboxylic acids is 1. The molecule has 0 aromatic heterocycles. The average molecular weight is 276 g/mol. The van der Waals surface area contributed by atoms with Gasteiger partial charge in [0.15, 0.2) is 0 Å². The first kappa shape index (κ1) is 15.0. The molecule has 1 aliphatic rings. The fraction of sp³-hybridized carbons (Fsp3) is 0.562. The molecule has 0 saturated carbocycles. The van der Waals surface area contributed by atoms with E-state index in [0.29, 0.717) is 12.3 Å². The van der Waals surface area contributed by atoms with Crippen LogP contribution in [0.5, 0.6) is 0 Å². The van der Waals surface area contributed by atoms with Crippen molar-refractivity contribution in [2.75, 3.05) is 20.1 Å². The Labute approximate surface area is 120 Å². The van der Waals surface area contributed by atoms with Crippen LogP contribution < -0.4 is 5.32 Å². The Morgan fingerprint density at radius 1 is 1.25 bits per heavy atom. The third kappa shape index (κ3) is 4.32. The summed E-state index contributed by atoms with van der Waals surface area (Å²) in [5, 5.41) is 11.7. The number of nitrogens with zero attached hydrogens (tertiary/aromatic N) is 1. The van der Waals surface area contributed by atoms with Crippen molar-refractivity contribution >= 4 is 5.91 Å². The van der Waals surface area contributed by atoms with Gasteiger partial charge in [0.2, 0.25) is 5.91 Å². The lowest BCUT2D eigenvalue weighted by atomic mass is 9.93. The van der Waals surface area contributed by atoms with Gasteiger partial charge in [-0.3, -0.25) is 9.69 Å². The summed E-state index contributed by atoms with van der Waals surface area (Å²) in [7, 11) is 1.70. The van der Waals surface area contributed by atoms with Crippen molar-refractivity contribution in [2.45, 2.75) is 32.4 Å². The van der Waals surface area contributed by atoms with Crippen LogP contribution in [0.4, 0.5) is 0 Å². The van der Waals surface area contributed by atoms with E-state index in [9.17, 15) is 4.79 Å². The second-order valence-electron chi connectivity index (χ2n) is 5.57. The first-order chi connectivity index (χ1) is 9.71. The lowest BCUT2D eigenvalue weighted by Gasteiger charge is -2.31. The number of nitrogens with one attached hydrogen (secondary N) is 1. The van der Waals surface area contributed by atoms with Gasteiger partial charge in [-0.15, -0.1) is 0 Å². The van der Waals surface area contributed by atoms with Crippen molar-refractivity contribution in [3.63, 3.8) is 0 Å². The molecule has 2 rings (SSSR count). The highest BCUT2D eigenvalue weighted by Gasteiger charge is 2.21. The molecule has 1 heterocycles. The van der Waals surface area contributed by atoms with E-state index >= 15 is 0 Å².